The van der Waals surface area contributed by atoms with Crippen LogP contribution in [0.4, 0.5) is 5.69 Å². The molecule has 2 heterocycles. The molecule has 0 saturated heterocycles. The molecule has 9 heteroatoms. The number of para-hydroxylation sites is 1. The molecule has 0 spiro atoms. The molecule has 0 bridgehead atoms. The maximum absolute atomic E-state index is 12.4. The lowest BCUT2D eigenvalue weighted by molar-refractivity contribution is -0.115. The summed E-state index contributed by atoms with van der Waals surface area (Å²) in [4.78, 5) is 36.5. The molecule has 0 fully saturated rings. The average molecular weight is 446 g/mol. The molecular formula is C19H16BrN3O5. The van der Waals surface area contributed by atoms with Gasteiger partial charge in [0.25, 0.3) is 11.8 Å². The first kappa shape index (κ1) is 19.4. The molecule has 0 aliphatic rings. The average Bonchev–Trinajstić information content (AvgIpc) is 3.36. The topological polar surface area (TPSA) is 114 Å². The highest BCUT2D eigenvalue weighted by Gasteiger charge is 2.15. The lowest BCUT2D eigenvalue weighted by Crippen LogP contribution is -2.33. The molecule has 144 valence electrons. The first-order valence-corrected chi connectivity index (χ1v) is 9.05. The van der Waals surface area contributed by atoms with Crippen molar-refractivity contribution >= 4 is 39.3 Å². The third-order valence-corrected chi connectivity index (χ3v) is 4.08. The van der Waals surface area contributed by atoms with E-state index in [9.17, 15) is 14.4 Å². The summed E-state index contributed by atoms with van der Waals surface area (Å²) in [5.41, 5.74) is 0.628. The van der Waals surface area contributed by atoms with E-state index >= 15 is 0 Å². The number of hydrogen-bond acceptors (Lipinski definition) is 5. The van der Waals surface area contributed by atoms with Crippen molar-refractivity contribution in [2.24, 2.45) is 0 Å². The predicted octanol–water partition coefficient (Wildman–Crippen LogP) is 2.93. The number of amides is 3. The molecule has 3 rings (SSSR count). The van der Waals surface area contributed by atoms with Crippen LogP contribution in [0.15, 0.2) is 68.3 Å². The fraction of sp³-hybridized carbons (Fsp3) is 0.105. The summed E-state index contributed by atoms with van der Waals surface area (Å²) in [5.74, 6) is -0.674. The van der Waals surface area contributed by atoms with Gasteiger partial charge in [-0.05, 0) is 52.3 Å². The molecular weight excluding hydrogens is 430 g/mol. The Labute approximate surface area is 168 Å². The molecule has 3 N–H and O–H groups in total. The molecule has 8 nitrogen and oxygen atoms in total. The highest BCUT2D eigenvalue weighted by Crippen LogP contribution is 2.16. The van der Waals surface area contributed by atoms with Crippen LogP contribution >= 0.6 is 15.9 Å². The Morgan fingerprint density at radius 3 is 2.46 bits per heavy atom. The molecule has 0 saturated carbocycles. The van der Waals surface area contributed by atoms with E-state index in [2.05, 4.69) is 31.9 Å². The zero-order chi connectivity index (χ0) is 19.9. The van der Waals surface area contributed by atoms with Gasteiger partial charge in [0.05, 0.1) is 30.6 Å². The van der Waals surface area contributed by atoms with Crippen molar-refractivity contribution in [2.45, 2.75) is 6.54 Å². The molecule has 0 atom stereocenters. The predicted molar refractivity (Wildman–Crippen MR) is 104 cm³/mol. The van der Waals surface area contributed by atoms with E-state index in [1.165, 1.54) is 12.3 Å². The van der Waals surface area contributed by atoms with Crippen LogP contribution in [-0.4, -0.2) is 24.3 Å². The third kappa shape index (κ3) is 5.10. The van der Waals surface area contributed by atoms with Crippen LogP contribution in [0.3, 0.4) is 0 Å². The number of benzene rings is 1. The molecule has 0 radical (unpaired) electrons. The Kier molecular flexibility index (Phi) is 6.28. The zero-order valence-electron chi connectivity index (χ0n) is 14.5. The summed E-state index contributed by atoms with van der Waals surface area (Å²) in [5, 5.41) is 7.78. The van der Waals surface area contributed by atoms with Crippen molar-refractivity contribution in [3.05, 3.63) is 76.5 Å². The number of anilines is 1. The highest BCUT2D eigenvalue weighted by molar-refractivity contribution is 9.10. The van der Waals surface area contributed by atoms with E-state index < -0.39 is 11.8 Å². The quantitative estimate of drug-likeness (QED) is 0.517. The van der Waals surface area contributed by atoms with Gasteiger partial charge in [-0.2, -0.15) is 0 Å². The fourth-order valence-corrected chi connectivity index (χ4v) is 2.65. The Morgan fingerprint density at radius 1 is 0.929 bits per heavy atom. The number of hydrogen-bond donors (Lipinski definition) is 3. The Balaban J connectivity index is 1.56. The number of rotatable bonds is 7. The molecule has 3 amide bonds. The van der Waals surface area contributed by atoms with Crippen LogP contribution in [0.1, 0.15) is 26.7 Å². The number of halogens is 1. The van der Waals surface area contributed by atoms with E-state index in [1.807, 2.05) is 0 Å². The molecule has 1 aromatic carbocycles. The largest absolute Gasteiger partial charge is 0.467 e. The summed E-state index contributed by atoms with van der Waals surface area (Å²) in [7, 11) is 0. The second-order valence-corrected chi connectivity index (χ2v) is 6.42. The number of furan rings is 2. The van der Waals surface area contributed by atoms with Gasteiger partial charge in [0.15, 0.2) is 10.4 Å². The van der Waals surface area contributed by atoms with E-state index in [0.717, 1.165) is 0 Å². The molecule has 0 aliphatic heterocycles. The minimum absolute atomic E-state index is 0.0809. The SMILES string of the molecule is O=C(CNC(=O)c1ccc(Br)o1)Nc1ccccc1C(=O)NCc1ccco1. The molecule has 28 heavy (non-hydrogen) atoms. The minimum atomic E-state index is -0.523. The van der Waals surface area contributed by atoms with Crippen LogP contribution in [0.25, 0.3) is 0 Å². The smallest absolute Gasteiger partial charge is 0.287 e. The van der Waals surface area contributed by atoms with Gasteiger partial charge < -0.3 is 24.8 Å². The third-order valence-electron chi connectivity index (χ3n) is 3.66. The summed E-state index contributed by atoms with van der Waals surface area (Å²) in [6.45, 7) is -0.0532. The van der Waals surface area contributed by atoms with Crippen molar-refractivity contribution in [1.29, 1.82) is 0 Å². The van der Waals surface area contributed by atoms with Crippen LogP contribution < -0.4 is 16.0 Å². The monoisotopic (exact) mass is 445 g/mol. The zero-order valence-corrected chi connectivity index (χ0v) is 16.1. The van der Waals surface area contributed by atoms with Gasteiger partial charge in [0.1, 0.15) is 5.76 Å². The lowest BCUT2D eigenvalue weighted by Gasteiger charge is -2.11. The summed E-state index contributed by atoms with van der Waals surface area (Å²) in [6.07, 6.45) is 1.52. The second kappa shape index (κ2) is 9.05. The molecule has 0 unspecified atom stereocenters. The Hall–Kier alpha value is -3.33. The van der Waals surface area contributed by atoms with Crippen LogP contribution in [-0.2, 0) is 11.3 Å². The van der Waals surface area contributed by atoms with Crippen LogP contribution in [0.5, 0.6) is 0 Å². The fourth-order valence-electron chi connectivity index (χ4n) is 2.34. The summed E-state index contributed by atoms with van der Waals surface area (Å²) < 4.78 is 10.7. The van der Waals surface area contributed by atoms with E-state index in [0.29, 0.717) is 21.7 Å². The summed E-state index contributed by atoms with van der Waals surface area (Å²) in [6, 6.07) is 13.1. The first-order valence-electron chi connectivity index (χ1n) is 8.26. The van der Waals surface area contributed by atoms with Crippen molar-refractivity contribution in [2.75, 3.05) is 11.9 Å². The van der Waals surface area contributed by atoms with Crippen molar-refractivity contribution in [3.8, 4) is 0 Å². The lowest BCUT2D eigenvalue weighted by atomic mass is 10.1. The van der Waals surface area contributed by atoms with Gasteiger partial charge in [-0.3, -0.25) is 14.4 Å². The molecule has 3 aromatic rings. The standard InChI is InChI=1S/C19H16BrN3O5/c20-16-8-7-15(28-16)19(26)22-11-17(24)23-14-6-2-1-5-13(14)18(25)21-10-12-4-3-9-27-12/h1-9H,10-11H2,(H,21,25)(H,22,26)(H,23,24). The summed E-state index contributed by atoms with van der Waals surface area (Å²) >= 11 is 3.10. The normalized spacial score (nSPS) is 10.3. The van der Waals surface area contributed by atoms with Crippen LogP contribution in [0, 0.1) is 0 Å². The van der Waals surface area contributed by atoms with Crippen molar-refractivity contribution < 1.29 is 23.2 Å². The number of carbonyl (C=O) groups excluding carboxylic acids is 3. The number of carbonyl (C=O) groups is 3. The van der Waals surface area contributed by atoms with Crippen LogP contribution in [0.2, 0.25) is 0 Å². The molecule has 2 aromatic heterocycles. The van der Waals surface area contributed by atoms with Gasteiger partial charge in [0, 0.05) is 0 Å². The number of nitrogens with one attached hydrogen (secondary N) is 3. The minimum Gasteiger partial charge on any atom is -0.467 e. The van der Waals surface area contributed by atoms with Gasteiger partial charge in [-0.1, -0.05) is 12.1 Å². The van der Waals surface area contributed by atoms with Gasteiger partial charge in [-0.15, -0.1) is 0 Å². The van der Waals surface area contributed by atoms with Gasteiger partial charge in [-0.25, -0.2) is 0 Å². The van der Waals surface area contributed by atoms with E-state index in [4.69, 9.17) is 8.83 Å². The highest BCUT2D eigenvalue weighted by atomic mass is 79.9. The maximum atomic E-state index is 12.4. The Morgan fingerprint density at radius 2 is 1.75 bits per heavy atom. The van der Waals surface area contributed by atoms with E-state index in [-0.39, 0.29) is 24.8 Å². The second-order valence-electron chi connectivity index (χ2n) is 5.64. The van der Waals surface area contributed by atoms with Gasteiger partial charge in [0.2, 0.25) is 5.91 Å². The van der Waals surface area contributed by atoms with Crippen molar-refractivity contribution in [1.82, 2.24) is 10.6 Å². The van der Waals surface area contributed by atoms with E-state index in [1.54, 1.807) is 42.5 Å². The maximum Gasteiger partial charge on any atom is 0.287 e. The Bertz CT molecular complexity index is 981. The molecule has 0 aliphatic carbocycles. The first-order chi connectivity index (χ1) is 13.5. The van der Waals surface area contributed by atoms with Gasteiger partial charge >= 0.3 is 0 Å². The van der Waals surface area contributed by atoms with Crippen molar-refractivity contribution in [3.63, 3.8) is 0 Å².